The molecule has 0 bridgehead atoms. The van der Waals surface area contributed by atoms with Crippen LogP contribution in [0.1, 0.15) is 48.0 Å². The zero-order valence-corrected chi connectivity index (χ0v) is 23.5. The van der Waals surface area contributed by atoms with E-state index >= 15 is 0 Å². The normalized spacial score (nSPS) is 14.9. The van der Waals surface area contributed by atoms with Crippen molar-refractivity contribution in [2.24, 2.45) is 5.92 Å². The van der Waals surface area contributed by atoms with Crippen LogP contribution in [0.25, 0.3) is 0 Å². The van der Waals surface area contributed by atoms with Gasteiger partial charge in [0.2, 0.25) is 0 Å². The average Bonchev–Trinajstić information content (AvgIpc) is 2.88. The van der Waals surface area contributed by atoms with Gasteiger partial charge in [-0.3, -0.25) is 4.79 Å². The maximum Gasteiger partial charge on any atom is 0.347 e. The Morgan fingerprint density at radius 1 is 0.711 bits per heavy atom. The van der Waals surface area contributed by atoms with Gasteiger partial charge < -0.3 is 24.1 Å². The lowest BCUT2D eigenvalue weighted by Gasteiger charge is -2.42. The zero-order valence-electron chi connectivity index (χ0n) is 22.5. The summed E-state index contributed by atoms with van der Waals surface area (Å²) >= 11 is 0. The van der Waals surface area contributed by atoms with Crippen LogP contribution in [0.2, 0.25) is 5.04 Å². The second-order valence-electron chi connectivity index (χ2n) is 10.0. The van der Waals surface area contributed by atoms with Crippen LogP contribution in [0.15, 0.2) is 60.7 Å². The van der Waals surface area contributed by atoms with E-state index in [1.165, 1.54) is 20.8 Å². The van der Waals surface area contributed by atoms with Crippen molar-refractivity contribution < 1.29 is 43.3 Å². The predicted molar refractivity (Wildman–Crippen MR) is 142 cm³/mol. The Morgan fingerprint density at radius 3 is 1.47 bits per heavy atom. The topological polar surface area (TPSA) is 136 Å². The van der Waals surface area contributed by atoms with E-state index in [1.54, 1.807) is 6.92 Å². The first-order valence-corrected chi connectivity index (χ1v) is 14.3. The molecule has 0 unspecified atom stereocenters. The van der Waals surface area contributed by atoms with Crippen molar-refractivity contribution >= 4 is 42.6 Å². The van der Waals surface area contributed by atoms with Crippen LogP contribution < -0.4 is 10.4 Å². The van der Waals surface area contributed by atoms with Gasteiger partial charge in [-0.25, -0.2) is 14.4 Å². The van der Waals surface area contributed by atoms with Gasteiger partial charge in [0, 0.05) is 0 Å². The Labute approximate surface area is 223 Å². The number of hydrogen-bond donors (Lipinski definition) is 2. The molecule has 0 saturated carbocycles. The smallest absolute Gasteiger partial charge is 0.347 e. The van der Waals surface area contributed by atoms with Gasteiger partial charge in [0.15, 0.2) is 18.3 Å². The molecule has 10 heteroatoms. The lowest BCUT2D eigenvalue weighted by molar-refractivity contribution is -0.181. The van der Waals surface area contributed by atoms with Crippen molar-refractivity contribution in [3.63, 3.8) is 0 Å². The number of rotatable bonds is 12. The summed E-state index contributed by atoms with van der Waals surface area (Å²) in [6, 6.07) is 18.8. The number of carbonyl (C=O) groups excluding carboxylic acids is 3. The van der Waals surface area contributed by atoms with Crippen molar-refractivity contribution in [1.29, 1.82) is 0 Å². The SMILES string of the molecule is C[C@H](CC(C)(C)[Si](O)(c1ccccc1)c1ccccc1)C(=O)O[C@@H](C)C(=O)O[C@@H](C)C(=O)O[C@@H](C)C(=O)O. The molecule has 0 aromatic heterocycles. The van der Waals surface area contributed by atoms with Gasteiger partial charge in [-0.2, -0.15) is 0 Å². The lowest BCUT2D eigenvalue weighted by Crippen LogP contribution is -2.65. The van der Waals surface area contributed by atoms with E-state index < -0.39 is 61.5 Å². The largest absolute Gasteiger partial charge is 0.479 e. The van der Waals surface area contributed by atoms with Crippen molar-refractivity contribution in [3.8, 4) is 0 Å². The summed E-state index contributed by atoms with van der Waals surface area (Å²) in [5.41, 5.74) is 0. The molecule has 9 nitrogen and oxygen atoms in total. The molecule has 0 amide bonds. The second kappa shape index (κ2) is 12.8. The molecule has 0 radical (unpaired) electrons. The van der Waals surface area contributed by atoms with Crippen molar-refractivity contribution in [3.05, 3.63) is 60.7 Å². The van der Waals surface area contributed by atoms with Crippen LogP contribution in [0, 0.1) is 5.92 Å². The Hall–Kier alpha value is -3.50. The van der Waals surface area contributed by atoms with Crippen LogP contribution in [0.3, 0.4) is 0 Å². The van der Waals surface area contributed by atoms with Gasteiger partial charge in [-0.1, -0.05) is 81.4 Å². The molecule has 0 aliphatic carbocycles. The Morgan fingerprint density at radius 2 is 1.08 bits per heavy atom. The van der Waals surface area contributed by atoms with Gasteiger partial charge in [-0.05, 0) is 42.6 Å². The van der Waals surface area contributed by atoms with E-state index in [0.717, 1.165) is 10.4 Å². The van der Waals surface area contributed by atoms with Crippen LogP contribution >= 0.6 is 0 Å². The van der Waals surface area contributed by atoms with E-state index in [-0.39, 0.29) is 6.42 Å². The highest BCUT2D eigenvalue weighted by Crippen LogP contribution is 2.41. The summed E-state index contributed by atoms with van der Waals surface area (Å²) in [5, 5.41) is 9.75. The van der Waals surface area contributed by atoms with E-state index in [2.05, 4.69) is 4.74 Å². The van der Waals surface area contributed by atoms with E-state index in [1.807, 2.05) is 74.5 Å². The number of hydrogen-bond acceptors (Lipinski definition) is 8. The molecule has 0 spiro atoms. The van der Waals surface area contributed by atoms with Crippen LogP contribution in [0.4, 0.5) is 0 Å². The van der Waals surface area contributed by atoms with Crippen molar-refractivity contribution in [2.75, 3.05) is 0 Å². The van der Waals surface area contributed by atoms with Gasteiger partial charge in [0.25, 0.3) is 8.32 Å². The molecule has 206 valence electrons. The highest BCUT2D eigenvalue weighted by Gasteiger charge is 2.51. The quantitative estimate of drug-likeness (QED) is 0.234. The maximum atomic E-state index is 12.9. The maximum absolute atomic E-state index is 12.9. The summed E-state index contributed by atoms with van der Waals surface area (Å²) < 4.78 is 15.0. The summed E-state index contributed by atoms with van der Waals surface area (Å²) in [6.07, 6.45) is -3.84. The summed E-state index contributed by atoms with van der Waals surface area (Å²) in [4.78, 5) is 60.4. The number of ether oxygens (including phenoxy) is 3. The standard InChI is InChI=1S/C28H36O9Si/c1-18(25(31)36-20(3)27(33)37-21(4)26(32)35-19(2)24(29)30)17-28(5,6)38(34,22-13-9-7-10-14-22)23-15-11-8-12-16-23/h7-16,18-21,34H,17H2,1-6H3,(H,29,30)/t18-,19+,20+,21+/m1/s1. The Bertz CT molecular complexity index is 1080. The van der Waals surface area contributed by atoms with Gasteiger partial charge in [0.05, 0.1) is 5.92 Å². The van der Waals surface area contributed by atoms with E-state index in [0.29, 0.717) is 0 Å². The fraction of sp³-hybridized carbons (Fsp3) is 0.429. The van der Waals surface area contributed by atoms with Gasteiger partial charge in [-0.15, -0.1) is 0 Å². The third-order valence-corrected chi connectivity index (χ3v) is 11.0. The summed E-state index contributed by atoms with van der Waals surface area (Å²) in [6.45, 7) is 9.22. The Balaban J connectivity index is 2.10. The molecule has 0 aliphatic heterocycles. The predicted octanol–water partition coefficient (Wildman–Crippen LogP) is 2.42. The van der Waals surface area contributed by atoms with Crippen molar-refractivity contribution in [2.45, 2.75) is 71.3 Å². The molecule has 2 N–H and O–H groups in total. The molecule has 0 aliphatic rings. The minimum absolute atomic E-state index is 0.274. The van der Waals surface area contributed by atoms with E-state index in [9.17, 15) is 24.0 Å². The molecule has 0 heterocycles. The van der Waals surface area contributed by atoms with Crippen LogP contribution in [-0.2, 0) is 33.4 Å². The number of aliphatic carboxylic acids is 1. The molecule has 4 atom stereocenters. The van der Waals surface area contributed by atoms with Crippen molar-refractivity contribution in [1.82, 2.24) is 0 Å². The van der Waals surface area contributed by atoms with Crippen LogP contribution in [0.5, 0.6) is 0 Å². The fourth-order valence-electron chi connectivity index (χ4n) is 4.28. The summed E-state index contributed by atoms with van der Waals surface area (Å²) in [5.74, 6) is -4.68. The lowest BCUT2D eigenvalue weighted by atomic mass is 9.98. The molecule has 2 aromatic carbocycles. The molecular weight excluding hydrogens is 508 g/mol. The number of esters is 3. The Kier molecular flexibility index (Phi) is 10.4. The number of carbonyl (C=O) groups is 4. The summed E-state index contributed by atoms with van der Waals surface area (Å²) in [7, 11) is -3.35. The number of benzene rings is 2. The highest BCUT2D eigenvalue weighted by atomic mass is 28.4. The first-order valence-electron chi connectivity index (χ1n) is 12.4. The number of carboxylic acids is 1. The van der Waals surface area contributed by atoms with Crippen LogP contribution in [-0.4, -0.2) is 60.4 Å². The third-order valence-electron chi connectivity index (χ3n) is 6.47. The molecular formula is C28H36O9Si. The minimum atomic E-state index is -3.35. The monoisotopic (exact) mass is 544 g/mol. The molecule has 38 heavy (non-hydrogen) atoms. The minimum Gasteiger partial charge on any atom is -0.479 e. The first-order chi connectivity index (χ1) is 17.7. The molecule has 2 rings (SSSR count). The molecule has 2 aromatic rings. The number of carboxylic acid groups (broad SMARTS) is 1. The first kappa shape index (κ1) is 30.7. The molecule has 0 fully saturated rings. The zero-order chi connectivity index (χ0) is 28.7. The second-order valence-corrected chi connectivity index (χ2v) is 13.9. The highest BCUT2D eigenvalue weighted by molar-refractivity contribution is 6.98. The average molecular weight is 545 g/mol. The fourth-order valence-corrected chi connectivity index (χ4v) is 8.13. The van der Waals surface area contributed by atoms with Gasteiger partial charge >= 0.3 is 23.9 Å². The third kappa shape index (κ3) is 7.29. The molecule has 0 saturated heterocycles. The van der Waals surface area contributed by atoms with Gasteiger partial charge in [0.1, 0.15) is 0 Å². The van der Waals surface area contributed by atoms with E-state index in [4.69, 9.17) is 14.6 Å².